The first-order valence-corrected chi connectivity index (χ1v) is 13.0. The summed E-state index contributed by atoms with van der Waals surface area (Å²) < 4.78 is 27.2. The average molecular weight is 487 g/mol. The zero-order valence-corrected chi connectivity index (χ0v) is 19.8. The number of benzene rings is 3. The van der Waals surface area contributed by atoms with E-state index >= 15 is 0 Å². The van der Waals surface area contributed by atoms with E-state index in [1.54, 1.807) is 48.7 Å². The smallest absolute Gasteiger partial charge is 0.198 e. The van der Waals surface area contributed by atoms with Crippen LogP contribution >= 0.6 is 0 Å². The molecular weight excluding hydrogens is 460 g/mol. The van der Waals surface area contributed by atoms with E-state index in [0.717, 1.165) is 16.4 Å². The van der Waals surface area contributed by atoms with Crippen LogP contribution in [0.2, 0.25) is 0 Å². The molecule has 178 valence electrons. The van der Waals surface area contributed by atoms with Crippen molar-refractivity contribution in [2.75, 3.05) is 18.4 Å². The topological polar surface area (TPSA) is 107 Å². The molecular formula is C27H26N4O3S. The average Bonchev–Trinajstić information content (AvgIpc) is 3.30. The van der Waals surface area contributed by atoms with Crippen LogP contribution in [0, 0.1) is 0 Å². The minimum Gasteiger partial charge on any atom is -0.371 e. The van der Waals surface area contributed by atoms with Gasteiger partial charge in [0.1, 0.15) is 11.2 Å². The quantitative estimate of drug-likeness (QED) is 0.228. The second-order valence-electron chi connectivity index (χ2n) is 8.36. The number of hydrogen-bond acceptors (Lipinski definition) is 5. The lowest BCUT2D eigenvalue weighted by molar-refractivity contribution is 0.553. The van der Waals surface area contributed by atoms with Gasteiger partial charge in [0.15, 0.2) is 15.3 Å². The van der Waals surface area contributed by atoms with E-state index in [-0.39, 0.29) is 10.3 Å². The first-order chi connectivity index (χ1) is 17.0. The number of aromatic amines is 2. The first-order valence-electron chi connectivity index (χ1n) is 11.5. The standard InChI is InChI=1S/C27H26N4O3S/c32-25-17-26(31-24-14-7-5-12-21(24)25)28-15-8-16-29-27(35(33,34)19-9-2-1-3-10-19)22-18-30-23-13-6-4-11-20(22)23/h1-7,9-14,17-18,27,29-30H,8,15-16H2,(H2,28,31,32). The van der Waals surface area contributed by atoms with Gasteiger partial charge in [0.05, 0.1) is 10.4 Å². The van der Waals surface area contributed by atoms with Gasteiger partial charge in [0.25, 0.3) is 0 Å². The van der Waals surface area contributed by atoms with Crippen molar-refractivity contribution in [2.45, 2.75) is 16.7 Å². The molecule has 2 aromatic heterocycles. The molecule has 0 aliphatic heterocycles. The van der Waals surface area contributed by atoms with Crippen molar-refractivity contribution in [1.29, 1.82) is 0 Å². The number of para-hydroxylation sites is 2. The number of sulfone groups is 1. The minimum absolute atomic E-state index is 0.0478. The SMILES string of the molecule is O=c1cc(NCCCNC(c2c[nH]c3ccccc23)S(=O)(=O)c2ccccc2)[nH]c2ccccc12. The summed E-state index contributed by atoms with van der Waals surface area (Å²) >= 11 is 0. The molecule has 3 aromatic carbocycles. The molecule has 0 aliphatic rings. The molecule has 1 atom stereocenters. The largest absolute Gasteiger partial charge is 0.371 e. The Morgan fingerprint density at radius 1 is 0.800 bits per heavy atom. The lowest BCUT2D eigenvalue weighted by Crippen LogP contribution is -2.30. The van der Waals surface area contributed by atoms with Crippen LogP contribution in [0.3, 0.4) is 0 Å². The summed E-state index contributed by atoms with van der Waals surface area (Å²) in [6, 6.07) is 25.1. The Balaban J connectivity index is 1.32. The lowest BCUT2D eigenvalue weighted by atomic mass is 10.2. The Bertz CT molecular complexity index is 1620. The summed E-state index contributed by atoms with van der Waals surface area (Å²) in [5.74, 6) is 0.638. The highest BCUT2D eigenvalue weighted by molar-refractivity contribution is 7.91. The van der Waals surface area contributed by atoms with Crippen LogP contribution in [0.1, 0.15) is 17.4 Å². The molecule has 4 N–H and O–H groups in total. The minimum atomic E-state index is -3.68. The molecule has 0 spiro atoms. The summed E-state index contributed by atoms with van der Waals surface area (Å²) in [7, 11) is -3.68. The number of pyridine rings is 1. The molecule has 5 rings (SSSR count). The number of nitrogens with one attached hydrogen (secondary N) is 4. The monoisotopic (exact) mass is 486 g/mol. The van der Waals surface area contributed by atoms with Gasteiger partial charge >= 0.3 is 0 Å². The predicted molar refractivity (Wildman–Crippen MR) is 140 cm³/mol. The highest BCUT2D eigenvalue weighted by atomic mass is 32.2. The lowest BCUT2D eigenvalue weighted by Gasteiger charge is -2.19. The van der Waals surface area contributed by atoms with Gasteiger partial charge in [-0.05, 0) is 43.3 Å². The Hall–Kier alpha value is -3.88. The highest BCUT2D eigenvalue weighted by Crippen LogP contribution is 2.31. The van der Waals surface area contributed by atoms with Crippen molar-refractivity contribution in [2.24, 2.45) is 0 Å². The van der Waals surface area contributed by atoms with Crippen molar-refractivity contribution < 1.29 is 8.42 Å². The molecule has 0 saturated heterocycles. The number of fused-ring (bicyclic) bond motifs is 2. The van der Waals surface area contributed by atoms with Crippen LogP contribution < -0.4 is 16.1 Å². The molecule has 0 amide bonds. The van der Waals surface area contributed by atoms with Gasteiger partial charge in [-0.1, -0.05) is 48.5 Å². The van der Waals surface area contributed by atoms with E-state index in [2.05, 4.69) is 20.6 Å². The van der Waals surface area contributed by atoms with E-state index in [0.29, 0.717) is 36.3 Å². The van der Waals surface area contributed by atoms with Crippen molar-refractivity contribution >= 4 is 37.5 Å². The number of rotatable bonds is 9. The Labute approximate surface area is 203 Å². The Morgan fingerprint density at radius 3 is 2.29 bits per heavy atom. The van der Waals surface area contributed by atoms with Crippen LogP contribution in [0.15, 0.2) is 101 Å². The van der Waals surface area contributed by atoms with Crippen molar-refractivity contribution in [3.63, 3.8) is 0 Å². The normalized spacial score (nSPS) is 12.7. The fourth-order valence-corrected chi connectivity index (χ4v) is 5.96. The zero-order chi connectivity index (χ0) is 24.3. The second kappa shape index (κ2) is 9.77. The van der Waals surface area contributed by atoms with Crippen molar-refractivity contribution in [3.8, 4) is 0 Å². The van der Waals surface area contributed by atoms with Crippen molar-refractivity contribution in [1.82, 2.24) is 15.3 Å². The molecule has 1 unspecified atom stereocenters. The Kier molecular flexibility index (Phi) is 6.39. The summed E-state index contributed by atoms with van der Waals surface area (Å²) in [4.78, 5) is 19.0. The molecule has 5 aromatic rings. The zero-order valence-electron chi connectivity index (χ0n) is 19.0. The van der Waals surface area contributed by atoms with E-state index in [9.17, 15) is 13.2 Å². The van der Waals surface area contributed by atoms with Gasteiger partial charge in [0.2, 0.25) is 0 Å². The molecule has 7 nitrogen and oxygen atoms in total. The van der Waals surface area contributed by atoms with E-state index in [1.165, 1.54) is 0 Å². The first kappa shape index (κ1) is 22.9. The van der Waals surface area contributed by atoms with Crippen LogP contribution in [0.5, 0.6) is 0 Å². The molecule has 0 saturated carbocycles. The Morgan fingerprint density at radius 2 is 1.49 bits per heavy atom. The summed E-state index contributed by atoms with van der Waals surface area (Å²) in [5.41, 5.74) is 2.30. The third-order valence-electron chi connectivity index (χ3n) is 6.02. The highest BCUT2D eigenvalue weighted by Gasteiger charge is 2.30. The fraction of sp³-hybridized carbons (Fsp3) is 0.148. The molecule has 35 heavy (non-hydrogen) atoms. The number of anilines is 1. The molecule has 8 heteroatoms. The van der Waals surface area contributed by atoms with Gasteiger partial charge < -0.3 is 15.3 Å². The second-order valence-corrected chi connectivity index (χ2v) is 10.4. The van der Waals surface area contributed by atoms with Crippen LogP contribution in [-0.4, -0.2) is 31.5 Å². The summed E-state index contributed by atoms with van der Waals surface area (Å²) in [6.07, 6.45) is 2.42. The summed E-state index contributed by atoms with van der Waals surface area (Å²) in [5, 5.41) is 7.11. The van der Waals surface area contributed by atoms with Crippen LogP contribution in [-0.2, 0) is 9.84 Å². The van der Waals surface area contributed by atoms with E-state index in [4.69, 9.17) is 0 Å². The third kappa shape index (κ3) is 4.71. The molecule has 0 aliphatic carbocycles. The maximum absolute atomic E-state index is 13.6. The van der Waals surface area contributed by atoms with Crippen LogP contribution in [0.4, 0.5) is 5.82 Å². The maximum Gasteiger partial charge on any atom is 0.198 e. The number of hydrogen-bond donors (Lipinski definition) is 4. The maximum atomic E-state index is 13.6. The van der Waals surface area contributed by atoms with Gasteiger partial charge in [-0.2, -0.15) is 0 Å². The molecule has 0 bridgehead atoms. The number of H-pyrrole nitrogens is 2. The molecule has 2 heterocycles. The predicted octanol–water partition coefficient (Wildman–Crippen LogP) is 4.57. The van der Waals surface area contributed by atoms with Gasteiger partial charge in [-0.3, -0.25) is 10.1 Å². The number of aromatic nitrogens is 2. The van der Waals surface area contributed by atoms with Gasteiger partial charge in [-0.15, -0.1) is 0 Å². The van der Waals surface area contributed by atoms with E-state index < -0.39 is 15.2 Å². The molecule has 0 fully saturated rings. The van der Waals surface area contributed by atoms with E-state index in [1.807, 2.05) is 42.5 Å². The van der Waals surface area contributed by atoms with Gasteiger partial charge in [-0.25, -0.2) is 8.42 Å². The molecule has 0 radical (unpaired) electrons. The third-order valence-corrected chi connectivity index (χ3v) is 7.99. The summed E-state index contributed by atoms with van der Waals surface area (Å²) in [6.45, 7) is 1.02. The van der Waals surface area contributed by atoms with Gasteiger partial charge in [0, 0.05) is 40.7 Å². The van der Waals surface area contributed by atoms with Crippen molar-refractivity contribution in [3.05, 3.63) is 107 Å². The van der Waals surface area contributed by atoms with Crippen LogP contribution in [0.25, 0.3) is 21.8 Å². The fourth-order valence-electron chi connectivity index (χ4n) is 4.28.